The van der Waals surface area contributed by atoms with Crippen molar-refractivity contribution in [2.75, 3.05) is 18.4 Å². The van der Waals surface area contributed by atoms with E-state index in [4.69, 9.17) is 0 Å². The molecule has 0 heterocycles. The van der Waals surface area contributed by atoms with Gasteiger partial charge in [-0.2, -0.15) is 0 Å². The van der Waals surface area contributed by atoms with Crippen LogP contribution in [0, 0.1) is 0 Å². The molecule has 3 amide bonds. The molecular weight excluding hydrogens is 290 g/mol. The number of rotatable bonds is 5. The van der Waals surface area contributed by atoms with E-state index < -0.39 is 0 Å². The molecule has 1 saturated carbocycles. The van der Waals surface area contributed by atoms with E-state index >= 15 is 0 Å². The van der Waals surface area contributed by atoms with Gasteiger partial charge >= 0.3 is 6.03 Å². The van der Waals surface area contributed by atoms with E-state index in [1.165, 1.54) is 19.3 Å². The highest BCUT2D eigenvalue weighted by molar-refractivity contribution is 5.96. The minimum atomic E-state index is -0.190. The van der Waals surface area contributed by atoms with E-state index in [-0.39, 0.29) is 18.0 Å². The van der Waals surface area contributed by atoms with E-state index in [1.807, 2.05) is 13.8 Å². The van der Waals surface area contributed by atoms with Crippen molar-refractivity contribution in [2.45, 2.75) is 52.0 Å². The lowest BCUT2D eigenvalue weighted by molar-refractivity contribution is 0.0773. The lowest BCUT2D eigenvalue weighted by Crippen LogP contribution is -2.39. The van der Waals surface area contributed by atoms with Crippen LogP contribution in [-0.4, -0.2) is 36.0 Å². The molecule has 0 atom stereocenters. The van der Waals surface area contributed by atoms with Gasteiger partial charge in [0.2, 0.25) is 0 Å². The van der Waals surface area contributed by atoms with Gasteiger partial charge in [-0.1, -0.05) is 25.3 Å². The van der Waals surface area contributed by atoms with Gasteiger partial charge in [-0.25, -0.2) is 4.79 Å². The first-order chi connectivity index (χ1) is 11.1. The SMILES string of the molecule is CCN(CC)C(=O)c1cccc(NC(=O)NC2CCCCC2)c1. The van der Waals surface area contributed by atoms with Gasteiger partial charge in [0.1, 0.15) is 0 Å². The summed E-state index contributed by atoms with van der Waals surface area (Å²) in [4.78, 5) is 26.2. The number of nitrogens with zero attached hydrogens (tertiary/aromatic N) is 1. The quantitative estimate of drug-likeness (QED) is 0.871. The van der Waals surface area contributed by atoms with Crippen molar-refractivity contribution in [1.82, 2.24) is 10.2 Å². The average Bonchev–Trinajstić information content (AvgIpc) is 2.57. The smallest absolute Gasteiger partial charge is 0.319 e. The first-order valence-electron chi connectivity index (χ1n) is 8.61. The van der Waals surface area contributed by atoms with Crippen molar-refractivity contribution in [1.29, 1.82) is 0 Å². The Kier molecular flexibility index (Phi) is 6.44. The molecule has 0 unspecified atom stereocenters. The summed E-state index contributed by atoms with van der Waals surface area (Å²) in [6.45, 7) is 5.27. The van der Waals surface area contributed by atoms with Crippen LogP contribution in [0.3, 0.4) is 0 Å². The van der Waals surface area contributed by atoms with Crippen LogP contribution >= 0.6 is 0 Å². The molecule has 0 spiro atoms. The predicted molar refractivity (Wildman–Crippen MR) is 92.7 cm³/mol. The minimum absolute atomic E-state index is 0.00802. The summed E-state index contributed by atoms with van der Waals surface area (Å²) in [5.74, 6) is -0.00802. The van der Waals surface area contributed by atoms with Crippen LogP contribution in [0.4, 0.5) is 10.5 Å². The fourth-order valence-electron chi connectivity index (χ4n) is 3.02. The monoisotopic (exact) mass is 317 g/mol. The summed E-state index contributed by atoms with van der Waals surface area (Å²) < 4.78 is 0. The van der Waals surface area contributed by atoms with E-state index in [0.717, 1.165) is 12.8 Å². The Morgan fingerprint density at radius 3 is 2.48 bits per heavy atom. The molecule has 1 fully saturated rings. The van der Waals surface area contributed by atoms with Crippen LogP contribution in [0.15, 0.2) is 24.3 Å². The molecule has 126 valence electrons. The van der Waals surface area contributed by atoms with Crippen molar-refractivity contribution in [3.63, 3.8) is 0 Å². The number of nitrogens with one attached hydrogen (secondary N) is 2. The van der Waals surface area contributed by atoms with Crippen molar-refractivity contribution < 1.29 is 9.59 Å². The Morgan fingerprint density at radius 1 is 1.13 bits per heavy atom. The number of carbonyl (C=O) groups is 2. The zero-order valence-electron chi connectivity index (χ0n) is 14.1. The van der Waals surface area contributed by atoms with Gasteiger partial charge in [-0.3, -0.25) is 4.79 Å². The molecular formula is C18H27N3O2. The van der Waals surface area contributed by atoms with Crippen LogP contribution in [0.1, 0.15) is 56.3 Å². The van der Waals surface area contributed by atoms with Gasteiger partial charge in [0.05, 0.1) is 0 Å². The number of carbonyl (C=O) groups excluding carboxylic acids is 2. The molecule has 0 radical (unpaired) electrons. The Hall–Kier alpha value is -2.04. The van der Waals surface area contributed by atoms with Gasteiger partial charge in [-0.05, 0) is 44.9 Å². The molecule has 1 aromatic rings. The second-order valence-electron chi connectivity index (χ2n) is 5.99. The number of anilines is 1. The molecule has 5 heteroatoms. The molecule has 1 aromatic carbocycles. The maximum absolute atomic E-state index is 12.4. The lowest BCUT2D eigenvalue weighted by Gasteiger charge is -2.23. The molecule has 0 aromatic heterocycles. The standard InChI is InChI=1S/C18H27N3O2/c1-3-21(4-2)17(22)14-9-8-12-16(13-14)20-18(23)19-15-10-6-5-7-11-15/h8-9,12-13,15H,3-7,10-11H2,1-2H3,(H2,19,20,23). The topological polar surface area (TPSA) is 61.4 Å². The lowest BCUT2D eigenvalue weighted by atomic mass is 9.96. The first kappa shape index (κ1) is 17.3. The van der Waals surface area contributed by atoms with Gasteiger partial charge in [-0.15, -0.1) is 0 Å². The zero-order chi connectivity index (χ0) is 16.7. The minimum Gasteiger partial charge on any atom is -0.339 e. The summed E-state index contributed by atoms with van der Waals surface area (Å²) in [7, 11) is 0. The molecule has 23 heavy (non-hydrogen) atoms. The number of hydrogen-bond donors (Lipinski definition) is 2. The third-order valence-corrected chi connectivity index (χ3v) is 4.36. The summed E-state index contributed by atoms with van der Waals surface area (Å²) in [5.41, 5.74) is 1.25. The van der Waals surface area contributed by atoms with Crippen molar-refractivity contribution in [3.05, 3.63) is 29.8 Å². The fraction of sp³-hybridized carbons (Fsp3) is 0.556. The Balaban J connectivity index is 1.96. The highest BCUT2D eigenvalue weighted by Gasteiger charge is 2.16. The molecule has 0 bridgehead atoms. The maximum Gasteiger partial charge on any atom is 0.319 e. The zero-order valence-corrected chi connectivity index (χ0v) is 14.1. The van der Waals surface area contributed by atoms with Crippen molar-refractivity contribution in [3.8, 4) is 0 Å². The van der Waals surface area contributed by atoms with Crippen LogP contribution < -0.4 is 10.6 Å². The van der Waals surface area contributed by atoms with E-state index in [9.17, 15) is 9.59 Å². The summed E-state index contributed by atoms with van der Waals surface area (Å²) in [6.07, 6.45) is 5.72. The summed E-state index contributed by atoms with van der Waals surface area (Å²) >= 11 is 0. The van der Waals surface area contributed by atoms with Gasteiger partial charge in [0, 0.05) is 30.4 Å². The highest BCUT2D eigenvalue weighted by atomic mass is 16.2. The number of benzene rings is 1. The van der Waals surface area contributed by atoms with Crippen LogP contribution in [0.2, 0.25) is 0 Å². The van der Waals surface area contributed by atoms with E-state index in [1.54, 1.807) is 29.2 Å². The molecule has 0 aliphatic heterocycles. The molecule has 2 rings (SSSR count). The van der Waals surface area contributed by atoms with Crippen molar-refractivity contribution in [2.24, 2.45) is 0 Å². The maximum atomic E-state index is 12.4. The fourth-order valence-corrected chi connectivity index (χ4v) is 3.02. The van der Waals surface area contributed by atoms with Gasteiger partial charge in [0.25, 0.3) is 5.91 Å². The number of urea groups is 1. The average molecular weight is 317 g/mol. The highest BCUT2D eigenvalue weighted by Crippen LogP contribution is 2.18. The second-order valence-corrected chi connectivity index (χ2v) is 5.99. The third-order valence-electron chi connectivity index (χ3n) is 4.36. The van der Waals surface area contributed by atoms with Crippen LogP contribution in [0.5, 0.6) is 0 Å². The van der Waals surface area contributed by atoms with Gasteiger partial charge in [0.15, 0.2) is 0 Å². The van der Waals surface area contributed by atoms with E-state index in [2.05, 4.69) is 10.6 Å². The van der Waals surface area contributed by atoms with Crippen molar-refractivity contribution >= 4 is 17.6 Å². The third kappa shape index (κ3) is 4.98. The van der Waals surface area contributed by atoms with Crippen LogP contribution in [0.25, 0.3) is 0 Å². The van der Waals surface area contributed by atoms with Gasteiger partial charge < -0.3 is 15.5 Å². The Morgan fingerprint density at radius 2 is 1.83 bits per heavy atom. The Bertz CT molecular complexity index is 535. The van der Waals surface area contributed by atoms with E-state index in [0.29, 0.717) is 24.3 Å². The number of amides is 3. The normalized spacial score (nSPS) is 15.0. The first-order valence-corrected chi connectivity index (χ1v) is 8.61. The molecule has 0 saturated heterocycles. The Labute approximate surface area is 138 Å². The molecule has 1 aliphatic carbocycles. The predicted octanol–water partition coefficient (Wildman–Crippen LogP) is 3.62. The van der Waals surface area contributed by atoms with Crippen LogP contribution in [-0.2, 0) is 0 Å². The summed E-state index contributed by atoms with van der Waals surface area (Å²) in [6, 6.07) is 7.20. The largest absolute Gasteiger partial charge is 0.339 e. The second kappa shape index (κ2) is 8.56. The molecule has 5 nitrogen and oxygen atoms in total. The number of hydrogen-bond acceptors (Lipinski definition) is 2. The molecule has 1 aliphatic rings. The summed E-state index contributed by atoms with van der Waals surface area (Å²) in [5, 5.41) is 5.85. The molecule has 2 N–H and O–H groups in total.